The highest BCUT2D eigenvalue weighted by molar-refractivity contribution is 7.89. The van der Waals surface area contributed by atoms with Crippen molar-refractivity contribution in [2.24, 2.45) is 7.05 Å². The number of nitrogens with zero attached hydrogens (tertiary/aromatic N) is 4. The second-order valence-corrected chi connectivity index (χ2v) is 8.99. The van der Waals surface area contributed by atoms with E-state index in [0.717, 1.165) is 11.4 Å². The van der Waals surface area contributed by atoms with Gasteiger partial charge >= 0.3 is 0 Å². The third kappa shape index (κ3) is 4.21. The number of aliphatic hydroxyl groups is 1. The molecule has 1 aliphatic rings. The Labute approximate surface area is 169 Å². The van der Waals surface area contributed by atoms with Crippen LogP contribution in [0.25, 0.3) is 11.4 Å². The molecule has 0 radical (unpaired) electrons. The lowest BCUT2D eigenvalue weighted by Gasteiger charge is -2.33. The van der Waals surface area contributed by atoms with Crippen LogP contribution in [0.5, 0.6) is 0 Å². The molecular formula is C20H23N5O3S. The van der Waals surface area contributed by atoms with Crippen LogP contribution >= 0.6 is 0 Å². The van der Waals surface area contributed by atoms with Gasteiger partial charge < -0.3 is 5.11 Å². The van der Waals surface area contributed by atoms with Gasteiger partial charge in [0, 0.05) is 37.0 Å². The predicted molar refractivity (Wildman–Crippen MR) is 107 cm³/mol. The summed E-state index contributed by atoms with van der Waals surface area (Å²) < 4.78 is 29.8. The maximum absolute atomic E-state index is 12.7. The number of rotatable bonds is 5. The van der Waals surface area contributed by atoms with Crippen molar-refractivity contribution < 1.29 is 13.5 Å². The molecule has 1 saturated carbocycles. The van der Waals surface area contributed by atoms with E-state index in [0.29, 0.717) is 25.1 Å². The molecule has 2 N–H and O–H groups in total. The Morgan fingerprint density at radius 3 is 2.66 bits per heavy atom. The Morgan fingerprint density at radius 2 is 1.93 bits per heavy atom. The zero-order valence-corrected chi connectivity index (χ0v) is 16.8. The summed E-state index contributed by atoms with van der Waals surface area (Å²) in [6, 6.07) is 11.3. The molecule has 29 heavy (non-hydrogen) atoms. The molecule has 2 heterocycles. The Balaban J connectivity index is 1.55. The number of aromatic nitrogens is 4. The van der Waals surface area contributed by atoms with E-state index in [1.165, 1.54) is 12.1 Å². The molecule has 3 aromatic rings. The van der Waals surface area contributed by atoms with Gasteiger partial charge in [-0.1, -0.05) is 18.2 Å². The van der Waals surface area contributed by atoms with Crippen molar-refractivity contribution >= 4 is 10.0 Å². The summed E-state index contributed by atoms with van der Waals surface area (Å²) in [5.74, 6) is 1.35. The average Bonchev–Trinajstić information content (AvgIpc) is 3.12. The molecule has 1 aliphatic carbocycles. The molecule has 0 saturated heterocycles. The van der Waals surface area contributed by atoms with Gasteiger partial charge in [0.2, 0.25) is 10.0 Å². The van der Waals surface area contributed by atoms with Crippen LogP contribution in [0.1, 0.15) is 31.0 Å². The summed E-state index contributed by atoms with van der Waals surface area (Å²) >= 11 is 0. The van der Waals surface area contributed by atoms with E-state index in [4.69, 9.17) is 0 Å². The summed E-state index contributed by atoms with van der Waals surface area (Å²) in [6.45, 7) is 0. The lowest BCUT2D eigenvalue weighted by molar-refractivity contribution is 0.0916. The summed E-state index contributed by atoms with van der Waals surface area (Å²) in [5.41, 5.74) is 0.825. The van der Waals surface area contributed by atoms with Gasteiger partial charge in [-0.15, -0.1) is 0 Å². The smallest absolute Gasteiger partial charge is 0.240 e. The number of hydrogen-bond acceptors (Lipinski definition) is 6. The Hall–Kier alpha value is -2.62. The minimum Gasteiger partial charge on any atom is -0.391 e. The van der Waals surface area contributed by atoms with E-state index in [1.54, 1.807) is 35.3 Å². The van der Waals surface area contributed by atoms with Crippen LogP contribution in [0.2, 0.25) is 0 Å². The van der Waals surface area contributed by atoms with E-state index < -0.39 is 22.2 Å². The highest BCUT2D eigenvalue weighted by Crippen LogP contribution is 2.33. The molecule has 0 amide bonds. The van der Waals surface area contributed by atoms with Crippen LogP contribution in [-0.4, -0.2) is 45.4 Å². The molecule has 3 atom stereocenters. The lowest BCUT2D eigenvalue weighted by atomic mass is 9.83. The van der Waals surface area contributed by atoms with E-state index in [9.17, 15) is 13.5 Å². The van der Waals surface area contributed by atoms with Crippen LogP contribution in [0.4, 0.5) is 0 Å². The highest BCUT2D eigenvalue weighted by atomic mass is 32.2. The molecule has 0 bridgehead atoms. The van der Waals surface area contributed by atoms with Crippen LogP contribution in [0, 0.1) is 0 Å². The first kappa shape index (κ1) is 19.7. The van der Waals surface area contributed by atoms with Crippen molar-refractivity contribution in [2.45, 2.75) is 42.2 Å². The van der Waals surface area contributed by atoms with Crippen LogP contribution in [0.15, 0.2) is 59.8 Å². The fraction of sp³-hybridized carbons (Fsp3) is 0.350. The fourth-order valence-corrected chi connectivity index (χ4v) is 5.06. The maximum Gasteiger partial charge on any atom is 0.240 e. The number of hydrogen-bond donors (Lipinski definition) is 2. The molecule has 8 nitrogen and oxygen atoms in total. The van der Waals surface area contributed by atoms with Gasteiger partial charge in [0.05, 0.1) is 11.0 Å². The van der Waals surface area contributed by atoms with Crippen LogP contribution in [0.3, 0.4) is 0 Å². The molecule has 1 fully saturated rings. The maximum atomic E-state index is 12.7. The first-order chi connectivity index (χ1) is 13.9. The number of sulfonamides is 1. The summed E-state index contributed by atoms with van der Waals surface area (Å²) in [5, 5.41) is 14.9. The molecule has 2 aromatic heterocycles. The third-order valence-electron chi connectivity index (χ3n) is 5.26. The molecule has 0 spiro atoms. The number of nitrogens with one attached hydrogen (secondary N) is 1. The van der Waals surface area contributed by atoms with Crippen molar-refractivity contribution in [1.29, 1.82) is 0 Å². The summed E-state index contributed by atoms with van der Waals surface area (Å²) in [4.78, 5) is 8.96. The van der Waals surface area contributed by atoms with E-state index in [2.05, 4.69) is 19.8 Å². The second-order valence-electron chi connectivity index (χ2n) is 7.28. The van der Waals surface area contributed by atoms with Gasteiger partial charge in [-0.3, -0.25) is 9.67 Å². The molecule has 0 unspecified atom stereocenters. The largest absolute Gasteiger partial charge is 0.391 e. The Bertz CT molecular complexity index is 1070. The Kier molecular flexibility index (Phi) is 5.44. The number of aryl methyl sites for hydroxylation is 1. The topological polar surface area (TPSA) is 110 Å². The molecule has 0 aliphatic heterocycles. The number of benzene rings is 1. The van der Waals surface area contributed by atoms with E-state index >= 15 is 0 Å². The minimum absolute atomic E-state index is 0.00945. The number of pyridine rings is 1. The van der Waals surface area contributed by atoms with Gasteiger partial charge in [0.1, 0.15) is 5.82 Å². The van der Waals surface area contributed by atoms with Gasteiger partial charge in [-0.25, -0.2) is 18.1 Å². The average molecular weight is 414 g/mol. The van der Waals surface area contributed by atoms with Crippen LogP contribution < -0.4 is 4.72 Å². The normalized spacial score (nSPS) is 22.5. The SMILES string of the molecule is Cn1nc(-c2cccnc2)nc1[C@H]1CC[C@@H](O)[C@H](NS(=O)(=O)c2ccccc2)C1. The minimum atomic E-state index is -3.71. The number of aliphatic hydroxyl groups excluding tert-OH is 1. The van der Waals surface area contributed by atoms with Gasteiger partial charge in [-0.05, 0) is 43.5 Å². The second kappa shape index (κ2) is 8.02. The van der Waals surface area contributed by atoms with Gasteiger partial charge in [0.25, 0.3) is 0 Å². The molecule has 4 rings (SSSR count). The molecular weight excluding hydrogens is 390 g/mol. The predicted octanol–water partition coefficient (Wildman–Crippen LogP) is 1.85. The van der Waals surface area contributed by atoms with E-state index in [1.807, 2.05) is 19.2 Å². The molecule has 1 aromatic carbocycles. The fourth-order valence-electron chi connectivity index (χ4n) is 3.75. The monoisotopic (exact) mass is 413 g/mol. The Morgan fingerprint density at radius 1 is 1.14 bits per heavy atom. The van der Waals surface area contributed by atoms with Crippen molar-refractivity contribution in [2.75, 3.05) is 0 Å². The summed E-state index contributed by atoms with van der Waals surface area (Å²) in [7, 11) is -1.88. The first-order valence-corrected chi connectivity index (χ1v) is 11.0. The first-order valence-electron chi connectivity index (χ1n) is 9.51. The van der Waals surface area contributed by atoms with Crippen LogP contribution in [-0.2, 0) is 17.1 Å². The van der Waals surface area contributed by atoms with Crippen molar-refractivity contribution in [3.8, 4) is 11.4 Å². The standard InChI is InChI=1S/C20H23N5O3S/c1-25-20(22-19(23-25)15-6-5-11-21-13-15)14-9-10-18(26)17(12-14)24-29(27,28)16-7-3-2-4-8-16/h2-8,11,13-14,17-18,24,26H,9-10,12H2,1H3/t14-,17+,18+/m0/s1. The van der Waals surface area contributed by atoms with E-state index in [-0.39, 0.29) is 10.8 Å². The highest BCUT2D eigenvalue weighted by Gasteiger charge is 2.35. The van der Waals surface area contributed by atoms with Gasteiger partial charge in [-0.2, -0.15) is 5.10 Å². The third-order valence-corrected chi connectivity index (χ3v) is 6.76. The molecule has 152 valence electrons. The van der Waals surface area contributed by atoms with Crippen molar-refractivity contribution in [1.82, 2.24) is 24.5 Å². The summed E-state index contributed by atoms with van der Waals surface area (Å²) in [6.07, 6.45) is 4.31. The molecule has 9 heteroatoms. The zero-order valence-electron chi connectivity index (χ0n) is 16.0. The lowest BCUT2D eigenvalue weighted by Crippen LogP contribution is -2.46. The zero-order chi connectivity index (χ0) is 20.4. The van der Waals surface area contributed by atoms with Crippen molar-refractivity contribution in [3.63, 3.8) is 0 Å². The van der Waals surface area contributed by atoms with Crippen molar-refractivity contribution in [3.05, 3.63) is 60.7 Å². The quantitative estimate of drug-likeness (QED) is 0.661. The van der Waals surface area contributed by atoms with Gasteiger partial charge in [0.15, 0.2) is 5.82 Å².